The average Bonchev–Trinajstić information content (AvgIpc) is 3.04. The topological polar surface area (TPSA) is 126 Å². The molecule has 4 rings (SSSR count). The first-order chi connectivity index (χ1) is 13.8. The molecule has 4 aromatic rings. The number of nitrogens with one attached hydrogen (secondary N) is 3. The molecule has 0 amide bonds. The summed E-state index contributed by atoms with van der Waals surface area (Å²) < 4.78 is 24.3. The van der Waals surface area contributed by atoms with E-state index in [1.165, 1.54) is 6.26 Å². The zero-order valence-corrected chi connectivity index (χ0v) is 16.9. The van der Waals surface area contributed by atoms with Gasteiger partial charge in [-0.3, -0.25) is 4.98 Å². The Morgan fingerprint density at radius 1 is 0.931 bits per heavy atom. The van der Waals surface area contributed by atoms with Gasteiger partial charge in [-0.1, -0.05) is 12.1 Å². The van der Waals surface area contributed by atoms with E-state index in [1.807, 2.05) is 13.8 Å². The van der Waals surface area contributed by atoms with E-state index in [1.54, 1.807) is 42.7 Å². The molecule has 0 bridgehead atoms. The van der Waals surface area contributed by atoms with Gasteiger partial charge in [0.1, 0.15) is 23.0 Å². The van der Waals surface area contributed by atoms with Crippen molar-refractivity contribution in [3.05, 3.63) is 54.2 Å². The second kappa shape index (κ2) is 7.13. The lowest BCUT2D eigenvalue weighted by Gasteiger charge is -2.13. The van der Waals surface area contributed by atoms with Crippen molar-refractivity contribution in [1.82, 2.24) is 24.9 Å². The maximum atomic E-state index is 12.1. The van der Waals surface area contributed by atoms with Crippen LogP contribution in [0.2, 0.25) is 0 Å². The summed E-state index contributed by atoms with van der Waals surface area (Å²) in [5.41, 5.74) is 3.04. The number of hydrogen-bond donors (Lipinski definition) is 3. The van der Waals surface area contributed by atoms with Crippen molar-refractivity contribution in [2.45, 2.75) is 18.7 Å². The molecule has 0 atom stereocenters. The molecule has 3 aromatic heterocycles. The third kappa shape index (κ3) is 4.02. The number of rotatable bonds is 5. The number of aryl methyl sites for hydroxylation is 2. The number of imidazole rings is 1. The molecule has 0 radical (unpaired) electrons. The van der Waals surface area contributed by atoms with Crippen LogP contribution in [-0.4, -0.2) is 39.6 Å². The first kappa shape index (κ1) is 18.8. The van der Waals surface area contributed by atoms with Gasteiger partial charge < -0.3 is 15.6 Å². The first-order valence-electron chi connectivity index (χ1n) is 8.79. The quantitative estimate of drug-likeness (QED) is 0.459. The van der Waals surface area contributed by atoms with E-state index in [2.05, 4.69) is 35.6 Å². The number of aromatic nitrogens is 5. The molecule has 0 aliphatic carbocycles. The van der Waals surface area contributed by atoms with Crippen LogP contribution >= 0.6 is 0 Å². The molecule has 9 nitrogen and oxygen atoms in total. The summed E-state index contributed by atoms with van der Waals surface area (Å²) in [4.78, 5) is 20.8. The fourth-order valence-electron chi connectivity index (χ4n) is 2.89. The molecule has 0 aliphatic heterocycles. The fourth-order valence-corrected chi connectivity index (χ4v) is 3.74. The maximum absolute atomic E-state index is 12.1. The molecule has 3 heterocycles. The maximum Gasteiger partial charge on any atom is 0.177 e. The minimum atomic E-state index is -3.40. The van der Waals surface area contributed by atoms with E-state index in [0.717, 1.165) is 5.69 Å². The summed E-state index contributed by atoms with van der Waals surface area (Å²) in [5, 5.41) is 6.31. The largest absolute Gasteiger partial charge is 0.352 e. The van der Waals surface area contributed by atoms with E-state index in [9.17, 15) is 8.42 Å². The lowest BCUT2D eigenvalue weighted by Crippen LogP contribution is -2.04. The van der Waals surface area contributed by atoms with Gasteiger partial charge >= 0.3 is 0 Å². The molecular formula is C19H19N7O2S. The van der Waals surface area contributed by atoms with Crippen molar-refractivity contribution in [1.29, 1.82) is 0 Å². The number of pyridine rings is 1. The minimum Gasteiger partial charge on any atom is -0.352 e. The van der Waals surface area contributed by atoms with E-state index in [4.69, 9.17) is 0 Å². The Morgan fingerprint density at radius 3 is 2.45 bits per heavy atom. The zero-order chi connectivity index (χ0) is 20.6. The fraction of sp³-hybridized carbons (Fsp3) is 0.158. The average molecular weight is 409 g/mol. The normalized spacial score (nSPS) is 11.6. The molecule has 0 spiro atoms. The number of aromatic amines is 1. The third-order valence-electron chi connectivity index (χ3n) is 4.16. The number of hydrogen-bond acceptors (Lipinski definition) is 8. The van der Waals surface area contributed by atoms with Crippen LogP contribution in [0, 0.1) is 13.8 Å². The van der Waals surface area contributed by atoms with Crippen molar-refractivity contribution in [3.8, 4) is 0 Å². The summed E-state index contributed by atoms with van der Waals surface area (Å²) >= 11 is 0. The highest BCUT2D eigenvalue weighted by molar-refractivity contribution is 7.90. The van der Waals surface area contributed by atoms with Crippen LogP contribution in [0.4, 0.5) is 23.0 Å². The smallest absolute Gasteiger partial charge is 0.177 e. The Kier molecular flexibility index (Phi) is 4.63. The number of fused-ring (bicyclic) bond motifs is 1. The number of H-pyrrole nitrogens is 1. The molecule has 3 N–H and O–H groups in total. The minimum absolute atomic E-state index is 0.205. The van der Waals surface area contributed by atoms with E-state index < -0.39 is 9.84 Å². The highest BCUT2D eigenvalue weighted by atomic mass is 32.2. The second-order valence-corrected chi connectivity index (χ2v) is 8.62. The Bertz CT molecular complexity index is 1300. The zero-order valence-electron chi connectivity index (χ0n) is 16.1. The van der Waals surface area contributed by atoms with Gasteiger partial charge in [-0.25, -0.2) is 23.4 Å². The molecule has 29 heavy (non-hydrogen) atoms. The highest BCUT2D eigenvalue weighted by Crippen LogP contribution is 2.30. The van der Waals surface area contributed by atoms with Crippen LogP contribution in [0.5, 0.6) is 0 Å². The predicted molar refractivity (Wildman–Crippen MR) is 112 cm³/mol. The number of nitrogens with zero attached hydrogens (tertiary/aromatic N) is 4. The summed E-state index contributed by atoms with van der Waals surface area (Å²) in [7, 11) is -3.40. The molecule has 0 aliphatic rings. The van der Waals surface area contributed by atoms with Crippen LogP contribution in [0.3, 0.4) is 0 Å². The molecular weight excluding hydrogens is 390 g/mol. The van der Waals surface area contributed by atoms with Gasteiger partial charge in [0.25, 0.3) is 0 Å². The van der Waals surface area contributed by atoms with Crippen molar-refractivity contribution in [3.63, 3.8) is 0 Å². The molecule has 0 saturated carbocycles. The predicted octanol–water partition coefficient (Wildman–Crippen LogP) is 3.26. The Balaban J connectivity index is 1.79. The second-order valence-electron chi connectivity index (χ2n) is 6.64. The van der Waals surface area contributed by atoms with Gasteiger partial charge in [-0.15, -0.1) is 0 Å². The van der Waals surface area contributed by atoms with Gasteiger partial charge in [-0.05, 0) is 26.0 Å². The molecule has 0 saturated heterocycles. The summed E-state index contributed by atoms with van der Waals surface area (Å²) in [6, 6.07) is 8.48. The summed E-state index contributed by atoms with van der Waals surface area (Å²) in [6.45, 7) is 3.68. The number of para-hydroxylation sites is 1. The monoisotopic (exact) mass is 409 g/mol. The Morgan fingerprint density at radius 2 is 1.72 bits per heavy atom. The lowest BCUT2D eigenvalue weighted by atomic mass is 10.2. The summed E-state index contributed by atoms with van der Waals surface area (Å²) in [6.07, 6.45) is 4.45. The van der Waals surface area contributed by atoms with Gasteiger partial charge in [0.2, 0.25) is 0 Å². The molecule has 0 unspecified atom stereocenters. The number of anilines is 4. The molecule has 148 valence electrons. The standard InChI is InChI=1S/C19H19N7O2S/c1-11-9-21-17(10-20-11)25-16-8-14(18-19(26-16)23-12(2)22-18)24-13-6-4-5-7-15(13)29(3,27)28/h4-10H,1-3H3,(H3,21,22,23,24,25,26). The van der Waals surface area contributed by atoms with Crippen molar-refractivity contribution in [2.24, 2.45) is 0 Å². The van der Waals surface area contributed by atoms with E-state index in [-0.39, 0.29) is 4.90 Å². The van der Waals surface area contributed by atoms with E-state index in [0.29, 0.717) is 40.0 Å². The van der Waals surface area contributed by atoms with Crippen molar-refractivity contribution < 1.29 is 8.42 Å². The Labute approximate surface area is 167 Å². The van der Waals surface area contributed by atoms with Crippen LogP contribution in [0.1, 0.15) is 11.5 Å². The van der Waals surface area contributed by atoms with E-state index >= 15 is 0 Å². The van der Waals surface area contributed by atoms with Crippen molar-refractivity contribution >= 4 is 44.0 Å². The molecule has 10 heteroatoms. The molecule has 0 fully saturated rings. The van der Waals surface area contributed by atoms with Gasteiger partial charge in [0.05, 0.1) is 34.4 Å². The first-order valence-corrected chi connectivity index (χ1v) is 10.7. The van der Waals surface area contributed by atoms with Crippen LogP contribution < -0.4 is 10.6 Å². The van der Waals surface area contributed by atoms with Crippen LogP contribution in [0.15, 0.2) is 47.6 Å². The van der Waals surface area contributed by atoms with Gasteiger partial charge in [0.15, 0.2) is 15.5 Å². The summed E-state index contributed by atoms with van der Waals surface area (Å²) in [5.74, 6) is 1.75. The number of benzene rings is 1. The molecule has 1 aromatic carbocycles. The lowest BCUT2D eigenvalue weighted by molar-refractivity contribution is 0.602. The Hall–Kier alpha value is -3.53. The van der Waals surface area contributed by atoms with Crippen LogP contribution in [0.25, 0.3) is 11.2 Å². The number of sulfone groups is 1. The van der Waals surface area contributed by atoms with Crippen molar-refractivity contribution in [2.75, 3.05) is 16.9 Å². The highest BCUT2D eigenvalue weighted by Gasteiger charge is 2.16. The van der Waals surface area contributed by atoms with Crippen LogP contribution in [-0.2, 0) is 9.84 Å². The van der Waals surface area contributed by atoms with Gasteiger partial charge in [-0.2, -0.15) is 0 Å². The SMILES string of the molecule is Cc1cnc(Nc2cc(Nc3ccccc3S(C)(=O)=O)c3nc(C)[nH]c3n2)cn1. The van der Waals surface area contributed by atoms with Gasteiger partial charge in [0, 0.05) is 12.3 Å². The third-order valence-corrected chi connectivity index (χ3v) is 5.32.